The molecule has 3 heterocycles. The summed E-state index contributed by atoms with van der Waals surface area (Å²) in [6.45, 7) is 3.90. The van der Waals surface area contributed by atoms with Crippen molar-refractivity contribution in [2.45, 2.75) is 19.9 Å². The van der Waals surface area contributed by atoms with Crippen molar-refractivity contribution in [3.63, 3.8) is 0 Å². The Morgan fingerprint density at radius 2 is 2.14 bits per heavy atom. The highest BCUT2D eigenvalue weighted by molar-refractivity contribution is 5.94. The van der Waals surface area contributed by atoms with Crippen LogP contribution in [0.5, 0.6) is 11.5 Å². The van der Waals surface area contributed by atoms with Gasteiger partial charge in [-0.3, -0.25) is 4.79 Å². The number of nitrogens with zero attached hydrogens (tertiary/aromatic N) is 1. The second-order valence-corrected chi connectivity index (χ2v) is 6.82. The van der Waals surface area contributed by atoms with Crippen molar-refractivity contribution in [1.82, 2.24) is 14.9 Å². The lowest BCUT2D eigenvalue weighted by Crippen LogP contribution is -2.20. The first-order chi connectivity index (χ1) is 13.4. The van der Waals surface area contributed by atoms with Crippen LogP contribution < -0.4 is 15.6 Å². The summed E-state index contributed by atoms with van der Waals surface area (Å²) in [4.78, 5) is 26.2. The Morgan fingerprint density at radius 1 is 1.36 bits per heavy atom. The average molecular weight is 383 g/mol. The number of aromatic hydroxyl groups is 1. The number of aryl methyl sites for hydroxylation is 1. The molecular weight excluding hydrogens is 362 g/mol. The third-order valence-electron chi connectivity index (χ3n) is 5.18. The van der Waals surface area contributed by atoms with Gasteiger partial charge in [-0.25, -0.2) is 4.79 Å². The molecule has 0 bridgehead atoms. The molecule has 0 saturated heterocycles. The van der Waals surface area contributed by atoms with Gasteiger partial charge in [0.15, 0.2) is 5.56 Å². The van der Waals surface area contributed by atoms with Crippen molar-refractivity contribution < 1.29 is 19.7 Å². The number of carboxylic acids is 1. The van der Waals surface area contributed by atoms with E-state index < -0.39 is 22.8 Å². The molecule has 8 nitrogen and oxygen atoms in total. The van der Waals surface area contributed by atoms with Crippen molar-refractivity contribution in [3.05, 3.63) is 45.4 Å². The Kier molecular flexibility index (Phi) is 4.35. The minimum absolute atomic E-state index is 0.263. The van der Waals surface area contributed by atoms with Crippen LogP contribution in [-0.4, -0.2) is 38.9 Å². The van der Waals surface area contributed by atoms with Crippen LogP contribution in [0.1, 0.15) is 28.5 Å². The van der Waals surface area contributed by atoms with Gasteiger partial charge in [0.1, 0.15) is 11.5 Å². The van der Waals surface area contributed by atoms with Crippen LogP contribution in [0.15, 0.2) is 23.0 Å². The zero-order valence-electron chi connectivity index (χ0n) is 15.6. The molecule has 28 heavy (non-hydrogen) atoms. The summed E-state index contributed by atoms with van der Waals surface area (Å²) in [7, 11) is 1.99. The molecule has 3 aromatic rings. The summed E-state index contributed by atoms with van der Waals surface area (Å²) in [5, 5.41) is 23.9. The first kappa shape index (κ1) is 18.1. The van der Waals surface area contributed by atoms with E-state index in [2.05, 4.69) is 20.9 Å². The number of aromatic amines is 1. The van der Waals surface area contributed by atoms with Gasteiger partial charge < -0.3 is 29.8 Å². The van der Waals surface area contributed by atoms with Crippen LogP contribution in [0.3, 0.4) is 0 Å². The molecule has 0 amide bonds. The fourth-order valence-corrected chi connectivity index (χ4v) is 3.72. The van der Waals surface area contributed by atoms with Crippen molar-refractivity contribution in [1.29, 1.82) is 0 Å². The van der Waals surface area contributed by atoms with Crippen molar-refractivity contribution in [2.75, 3.05) is 13.2 Å². The van der Waals surface area contributed by atoms with E-state index in [0.29, 0.717) is 22.6 Å². The fraction of sp³-hybridized carbons (Fsp3) is 0.300. The number of pyridine rings is 1. The number of nitrogens with one attached hydrogen (secondary N) is 2. The number of ether oxygens (including phenoxy) is 1. The number of aromatic nitrogens is 2. The smallest absolute Gasteiger partial charge is 0.345 e. The number of aromatic carboxylic acids is 1. The van der Waals surface area contributed by atoms with Crippen molar-refractivity contribution >= 4 is 16.9 Å². The standard InChI is InChI=1S/C20H21N3O5/c1-3-21-9-11-6-10-7-13-15(8-14(10)23(11)2)28-5-4-12-17(13)22-19(25)16(18(12)24)20(26)27/h6-8,21H,3-5,9H2,1-2H3,(H,26,27)(H2,22,24,25). The Bertz CT molecular complexity index is 1160. The lowest BCUT2D eigenvalue weighted by atomic mass is 9.99. The van der Waals surface area contributed by atoms with Gasteiger partial charge in [-0.2, -0.15) is 0 Å². The lowest BCUT2D eigenvalue weighted by molar-refractivity contribution is 0.0691. The molecule has 0 fully saturated rings. The van der Waals surface area contributed by atoms with Gasteiger partial charge in [0.2, 0.25) is 0 Å². The van der Waals surface area contributed by atoms with Gasteiger partial charge >= 0.3 is 5.97 Å². The van der Waals surface area contributed by atoms with E-state index >= 15 is 0 Å². The van der Waals surface area contributed by atoms with Gasteiger partial charge in [0, 0.05) is 48.3 Å². The molecule has 2 aromatic heterocycles. The molecule has 0 atom stereocenters. The Balaban J connectivity index is 1.95. The second-order valence-electron chi connectivity index (χ2n) is 6.82. The molecular formula is C20H21N3O5. The highest BCUT2D eigenvalue weighted by atomic mass is 16.5. The molecule has 0 saturated carbocycles. The number of rotatable bonds is 4. The van der Waals surface area contributed by atoms with E-state index in [9.17, 15) is 19.8 Å². The minimum Gasteiger partial charge on any atom is -0.506 e. The van der Waals surface area contributed by atoms with Gasteiger partial charge in [-0.1, -0.05) is 6.92 Å². The van der Waals surface area contributed by atoms with E-state index in [0.717, 1.165) is 29.7 Å². The summed E-state index contributed by atoms with van der Waals surface area (Å²) >= 11 is 0. The molecule has 1 aliphatic heterocycles. The molecule has 0 spiro atoms. The van der Waals surface area contributed by atoms with E-state index in [1.807, 2.05) is 26.1 Å². The minimum atomic E-state index is -1.46. The van der Waals surface area contributed by atoms with E-state index in [4.69, 9.17) is 4.74 Å². The summed E-state index contributed by atoms with van der Waals surface area (Å²) in [5.41, 5.74) is 2.02. The maximum absolute atomic E-state index is 12.3. The molecule has 0 radical (unpaired) electrons. The average Bonchev–Trinajstić information content (AvgIpc) is 2.83. The van der Waals surface area contributed by atoms with Crippen LogP contribution in [0.2, 0.25) is 0 Å². The molecule has 0 aliphatic carbocycles. The van der Waals surface area contributed by atoms with Gasteiger partial charge in [-0.15, -0.1) is 0 Å². The number of H-pyrrole nitrogens is 1. The molecule has 4 rings (SSSR count). The zero-order valence-corrected chi connectivity index (χ0v) is 15.6. The van der Waals surface area contributed by atoms with Gasteiger partial charge in [-0.05, 0) is 18.7 Å². The zero-order chi connectivity index (χ0) is 20.0. The largest absolute Gasteiger partial charge is 0.506 e. The maximum Gasteiger partial charge on any atom is 0.345 e. The van der Waals surface area contributed by atoms with Crippen LogP contribution >= 0.6 is 0 Å². The SMILES string of the molecule is CCNCc1cc2cc3c(cc2n1C)OCCc1c-3[nH]c(=O)c(C(=O)O)c1O. The molecule has 8 heteroatoms. The molecule has 1 aliphatic rings. The Labute approximate surface area is 160 Å². The fourth-order valence-electron chi connectivity index (χ4n) is 3.72. The summed E-state index contributed by atoms with van der Waals surface area (Å²) in [6, 6.07) is 5.88. The maximum atomic E-state index is 12.3. The lowest BCUT2D eigenvalue weighted by Gasteiger charge is -2.12. The van der Waals surface area contributed by atoms with Crippen LogP contribution in [0, 0.1) is 0 Å². The van der Waals surface area contributed by atoms with Crippen LogP contribution in [0.4, 0.5) is 0 Å². The number of hydrogen-bond donors (Lipinski definition) is 4. The second kappa shape index (κ2) is 6.72. The Hall–Kier alpha value is -3.26. The van der Waals surface area contributed by atoms with Crippen LogP contribution in [-0.2, 0) is 20.0 Å². The van der Waals surface area contributed by atoms with Crippen molar-refractivity contribution in [3.8, 4) is 22.8 Å². The predicted molar refractivity (Wildman–Crippen MR) is 104 cm³/mol. The number of benzene rings is 1. The predicted octanol–water partition coefficient (Wildman–Crippen LogP) is 1.98. The van der Waals surface area contributed by atoms with Crippen LogP contribution in [0.25, 0.3) is 22.2 Å². The molecule has 146 valence electrons. The third-order valence-corrected chi connectivity index (χ3v) is 5.18. The van der Waals surface area contributed by atoms with E-state index in [1.165, 1.54) is 0 Å². The first-order valence-corrected chi connectivity index (χ1v) is 9.10. The van der Waals surface area contributed by atoms with Crippen molar-refractivity contribution in [2.24, 2.45) is 7.05 Å². The topological polar surface area (TPSA) is 117 Å². The van der Waals surface area contributed by atoms with Gasteiger partial charge in [0.05, 0.1) is 17.8 Å². The summed E-state index contributed by atoms with van der Waals surface area (Å²) in [6.07, 6.45) is 0.287. The molecule has 4 N–H and O–H groups in total. The number of carboxylic acid groups (broad SMARTS) is 1. The number of hydrogen-bond acceptors (Lipinski definition) is 5. The quantitative estimate of drug-likeness (QED) is 0.547. The summed E-state index contributed by atoms with van der Waals surface area (Å²) in [5.74, 6) is -1.37. The number of fused-ring (bicyclic) bond motifs is 4. The Morgan fingerprint density at radius 3 is 2.86 bits per heavy atom. The highest BCUT2D eigenvalue weighted by Crippen LogP contribution is 2.40. The van der Waals surface area contributed by atoms with E-state index in [1.54, 1.807) is 0 Å². The summed E-state index contributed by atoms with van der Waals surface area (Å²) < 4.78 is 7.95. The molecule has 1 aromatic carbocycles. The van der Waals surface area contributed by atoms with Gasteiger partial charge in [0.25, 0.3) is 5.56 Å². The highest BCUT2D eigenvalue weighted by Gasteiger charge is 2.26. The first-order valence-electron chi connectivity index (χ1n) is 9.10. The monoisotopic (exact) mass is 383 g/mol. The third kappa shape index (κ3) is 2.73. The normalized spacial score (nSPS) is 12.9. The van der Waals surface area contributed by atoms with E-state index in [-0.39, 0.29) is 13.0 Å². The molecule has 0 unspecified atom stereocenters. The number of carbonyl (C=O) groups is 1.